The van der Waals surface area contributed by atoms with Gasteiger partial charge in [-0.3, -0.25) is 4.79 Å². The molecule has 3 N–H and O–H groups in total. The Bertz CT molecular complexity index is 602. The number of nitrogens with zero attached hydrogens (tertiary/aromatic N) is 1. The summed E-state index contributed by atoms with van der Waals surface area (Å²) in [6.45, 7) is 5.43. The van der Waals surface area contributed by atoms with Crippen LogP contribution in [0.25, 0.3) is 0 Å². The van der Waals surface area contributed by atoms with E-state index in [0.717, 1.165) is 13.0 Å². The van der Waals surface area contributed by atoms with Crippen LogP contribution in [-0.4, -0.2) is 17.0 Å². The van der Waals surface area contributed by atoms with Gasteiger partial charge in [0.2, 0.25) is 0 Å². The minimum atomic E-state index is -0.0721. The number of nitrogen functional groups attached to an aromatic ring is 1. The highest BCUT2D eigenvalue weighted by Gasteiger charge is 2.11. The maximum Gasteiger partial charge on any atom is 0.267 e. The van der Waals surface area contributed by atoms with Crippen molar-refractivity contribution in [2.45, 2.75) is 26.8 Å². The van der Waals surface area contributed by atoms with E-state index in [4.69, 9.17) is 5.73 Å². The van der Waals surface area contributed by atoms with Crippen LogP contribution >= 0.6 is 0 Å². The number of carbonyl (C=O) groups is 1. The van der Waals surface area contributed by atoms with Gasteiger partial charge in [-0.25, -0.2) is 0 Å². The van der Waals surface area contributed by atoms with Crippen molar-refractivity contribution in [3.05, 3.63) is 53.3 Å². The number of benzene rings is 1. The molecule has 0 aliphatic rings. The van der Waals surface area contributed by atoms with Crippen molar-refractivity contribution in [3.63, 3.8) is 0 Å². The zero-order valence-electron chi connectivity index (χ0n) is 12.0. The molecule has 106 valence electrons. The first-order valence-corrected chi connectivity index (χ1v) is 6.90. The van der Waals surface area contributed by atoms with Gasteiger partial charge in [-0.1, -0.05) is 24.3 Å². The molecule has 1 heterocycles. The molecule has 20 heavy (non-hydrogen) atoms. The molecule has 0 saturated heterocycles. The zero-order chi connectivity index (χ0) is 14.5. The number of carbonyl (C=O) groups excluding carboxylic acids is 1. The average molecular weight is 271 g/mol. The molecule has 1 aromatic heterocycles. The maximum absolute atomic E-state index is 12.1. The monoisotopic (exact) mass is 271 g/mol. The Kier molecular flexibility index (Phi) is 4.45. The molecule has 4 heteroatoms. The number of hydrogen-bond donors (Lipinski definition) is 2. The fourth-order valence-corrected chi connectivity index (χ4v) is 2.28. The molecule has 0 radical (unpaired) electrons. The summed E-state index contributed by atoms with van der Waals surface area (Å²) in [5.74, 6) is -0.0721. The van der Waals surface area contributed by atoms with Crippen molar-refractivity contribution in [3.8, 4) is 0 Å². The van der Waals surface area contributed by atoms with Gasteiger partial charge in [-0.15, -0.1) is 0 Å². The van der Waals surface area contributed by atoms with E-state index in [-0.39, 0.29) is 5.91 Å². The van der Waals surface area contributed by atoms with Crippen molar-refractivity contribution in [2.24, 2.45) is 0 Å². The van der Waals surface area contributed by atoms with Crippen LogP contribution in [0.1, 0.15) is 28.5 Å². The normalized spacial score (nSPS) is 10.5. The van der Waals surface area contributed by atoms with Gasteiger partial charge in [-0.05, 0) is 37.5 Å². The average Bonchev–Trinajstić information content (AvgIpc) is 2.82. The Morgan fingerprint density at radius 1 is 1.35 bits per heavy atom. The lowest BCUT2D eigenvalue weighted by Crippen LogP contribution is -2.27. The van der Waals surface area contributed by atoms with Crippen LogP contribution in [0.3, 0.4) is 0 Å². The molecule has 0 atom stereocenters. The molecule has 4 nitrogen and oxygen atoms in total. The van der Waals surface area contributed by atoms with Crippen molar-refractivity contribution >= 4 is 11.6 Å². The fraction of sp³-hybridized carbons (Fsp3) is 0.312. The lowest BCUT2D eigenvalue weighted by molar-refractivity contribution is 0.0945. The van der Waals surface area contributed by atoms with E-state index in [2.05, 4.69) is 24.4 Å². The van der Waals surface area contributed by atoms with E-state index < -0.39 is 0 Å². The number of nitrogens with one attached hydrogen (secondary N) is 1. The molecule has 2 rings (SSSR count). The summed E-state index contributed by atoms with van der Waals surface area (Å²) in [5, 5.41) is 2.95. The lowest BCUT2D eigenvalue weighted by Gasteiger charge is -2.09. The second-order valence-corrected chi connectivity index (χ2v) is 4.88. The first-order valence-electron chi connectivity index (χ1n) is 6.90. The Morgan fingerprint density at radius 2 is 2.10 bits per heavy atom. The van der Waals surface area contributed by atoms with Gasteiger partial charge in [0.1, 0.15) is 5.69 Å². The van der Waals surface area contributed by atoms with Gasteiger partial charge < -0.3 is 15.6 Å². The summed E-state index contributed by atoms with van der Waals surface area (Å²) in [5.41, 5.74) is 9.49. The highest BCUT2D eigenvalue weighted by atomic mass is 16.1. The molecular formula is C16H21N3O. The summed E-state index contributed by atoms with van der Waals surface area (Å²) in [6.07, 6.45) is 2.62. The molecule has 0 saturated carbocycles. The Balaban J connectivity index is 1.94. The van der Waals surface area contributed by atoms with Crippen molar-refractivity contribution in [1.82, 2.24) is 9.88 Å². The second-order valence-electron chi connectivity index (χ2n) is 4.88. The standard InChI is InChI=1S/C16H21N3O/c1-3-19-11-14(17)10-15(19)16(20)18-9-8-13-7-5-4-6-12(13)2/h4-7,10-11H,3,8-9,17H2,1-2H3,(H,18,20). The third-order valence-electron chi connectivity index (χ3n) is 3.43. The van der Waals surface area contributed by atoms with Crippen LogP contribution in [0.15, 0.2) is 36.5 Å². The third-order valence-corrected chi connectivity index (χ3v) is 3.43. The Hall–Kier alpha value is -2.23. The smallest absolute Gasteiger partial charge is 0.267 e. The molecule has 0 unspecified atom stereocenters. The minimum absolute atomic E-state index is 0.0721. The first-order chi connectivity index (χ1) is 9.61. The summed E-state index contributed by atoms with van der Waals surface area (Å²) in [6, 6.07) is 9.93. The predicted octanol–water partition coefficient (Wildman–Crippen LogP) is 2.37. The van der Waals surface area contributed by atoms with Gasteiger partial charge in [0.15, 0.2) is 0 Å². The highest BCUT2D eigenvalue weighted by molar-refractivity contribution is 5.93. The van der Waals surface area contributed by atoms with Crippen molar-refractivity contribution in [1.29, 1.82) is 0 Å². The summed E-state index contributed by atoms with van der Waals surface area (Å²) >= 11 is 0. The molecule has 2 aromatic rings. The maximum atomic E-state index is 12.1. The highest BCUT2D eigenvalue weighted by Crippen LogP contribution is 2.11. The summed E-state index contributed by atoms with van der Waals surface area (Å²) in [7, 11) is 0. The van der Waals surface area contributed by atoms with E-state index in [1.54, 1.807) is 12.3 Å². The SMILES string of the molecule is CCn1cc(N)cc1C(=O)NCCc1ccccc1C. The van der Waals surface area contributed by atoms with Crippen molar-refractivity contribution in [2.75, 3.05) is 12.3 Å². The molecule has 0 spiro atoms. The van der Waals surface area contributed by atoms with Gasteiger partial charge in [0.05, 0.1) is 5.69 Å². The van der Waals surface area contributed by atoms with E-state index in [1.165, 1.54) is 11.1 Å². The molecular weight excluding hydrogens is 250 g/mol. The van der Waals surface area contributed by atoms with Crippen LogP contribution in [0, 0.1) is 6.92 Å². The van der Waals surface area contributed by atoms with E-state index >= 15 is 0 Å². The molecule has 0 aliphatic carbocycles. The molecule has 0 fully saturated rings. The molecule has 0 bridgehead atoms. The number of nitrogens with two attached hydrogens (primary N) is 1. The third kappa shape index (κ3) is 3.20. The van der Waals surface area contributed by atoms with Crippen LogP contribution in [0.4, 0.5) is 5.69 Å². The number of hydrogen-bond acceptors (Lipinski definition) is 2. The fourth-order valence-electron chi connectivity index (χ4n) is 2.28. The Labute approximate surface area is 119 Å². The Morgan fingerprint density at radius 3 is 2.80 bits per heavy atom. The first kappa shape index (κ1) is 14.2. The van der Waals surface area contributed by atoms with E-state index in [0.29, 0.717) is 17.9 Å². The lowest BCUT2D eigenvalue weighted by atomic mass is 10.1. The second kappa shape index (κ2) is 6.28. The van der Waals surface area contributed by atoms with Gasteiger partial charge in [-0.2, -0.15) is 0 Å². The molecule has 1 amide bonds. The van der Waals surface area contributed by atoms with Crippen LogP contribution in [0.5, 0.6) is 0 Å². The van der Waals surface area contributed by atoms with Crippen LogP contribution in [-0.2, 0) is 13.0 Å². The summed E-state index contributed by atoms with van der Waals surface area (Å²) < 4.78 is 1.86. The van der Waals surface area contributed by atoms with E-state index in [1.807, 2.05) is 23.6 Å². The number of anilines is 1. The topological polar surface area (TPSA) is 60.0 Å². The zero-order valence-corrected chi connectivity index (χ0v) is 12.0. The van der Waals surface area contributed by atoms with Gasteiger partial charge in [0, 0.05) is 19.3 Å². The largest absolute Gasteiger partial charge is 0.397 e. The number of amides is 1. The number of rotatable bonds is 5. The van der Waals surface area contributed by atoms with E-state index in [9.17, 15) is 4.79 Å². The quantitative estimate of drug-likeness (QED) is 0.877. The predicted molar refractivity (Wildman–Crippen MR) is 81.7 cm³/mol. The molecule has 0 aliphatic heterocycles. The van der Waals surface area contributed by atoms with Crippen molar-refractivity contribution < 1.29 is 4.79 Å². The number of aromatic nitrogens is 1. The number of aryl methyl sites for hydroxylation is 2. The summed E-state index contributed by atoms with van der Waals surface area (Å²) in [4.78, 5) is 12.1. The minimum Gasteiger partial charge on any atom is -0.397 e. The van der Waals surface area contributed by atoms with Gasteiger partial charge in [0.25, 0.3) is 5.91 Å². The van der Waals surface area contributed by atoms with Crippen LogP contribution in [0.2, 0.25) is 0 Å². The molecule has 1 aromatic carbocycles. The van der Waals surface area contributed by atoms with Gasteiger partial charge >= 0.3 is 0 Å². The van der Waals surface area contributed by atoms with Crippen LogP contribution < -0.4 is 11.1 Å².